The Labute approximate surface area is 124 Å². The average molecular weight is 327 g/mol. The molecule has 2 rings (SSSR count). The standard InChI is InChI=1S/C15H23BrN2O/c1-11-7-12(5-6-13(11)16)18-10-15(4,19)9-17-8-14(18,2)3/h5-7,17,19H,8-10H2,1-4H3. The second-order valence-corrected chi connectivity index (χ2v) is 7.29. The van der Waals surface area contributed by atoms with Crippen molar-refractivity contribution in [3.63, 3.8) is 0 Å². The Morgan fingerprint density at radius 1 is 1.26 bits per heavy atom. The lowest BCUT2D eigenvalue weighted by Crippen LogP contribution is -2.51. The van der Waals surface area contributed by atoms with Crippen molar-refractivity contribution in [3.05, 3.63) is 28.2 Å². The zero-order valence-corrected chi connectivity index (χ0v) is 13.7. The van der Waals surface area contributed by atoms with Gasteiger partial charge in [-0.15, -0.1) is 0 Å². The van der Waals surface area contributed by atoms with E-state index in [-0.39, 0.29) is 5.54 Å². The molecule has 0 radical (unpaired) electrons. The largest absolute Gasteiger partial charge is 0.387 e. The maximum absolute atomic E-state index is 10.4. The minimum Gasteiger partial charge on any atom is -0.387 e. The first-order chi connectivity index (χ1) is 8.71. The van der Waals surface area contributed by atoms with E-state index >= 15 is 0 Å². The molecule has 106 valence electrons. The van der Waals surface area contributed by atoms with Crippen molar-refractivity contribution in [2.45, 2.75) is 38.8 Å². The molecule has 0 aliphatic carbocycles. The van der Waals surface area contributed by atoms with Gasteiger partial charge in [-0.2, -0.15) is 0 Å². The van der Waals surface area contributed by atoms with Crippen LogP contribution in [0.3, 0.4) is 0 Å². The minimum atomic E-state index is -0.714. The number of anilines is 1. The van der Waals surface area contributed by atoms with Crippen LogP contribution in [0.1, 0.15) is 26.3 Å². The first-order valence-electron chi connectivity index (χ1n) is 6.68. The quantitative estimate of drug-likeness (QED) is 0.832. The van der Waals surface area contributed by atoms with Crippen LogP contribution in [0, 0.1) is 6.92 Å². The summed E-state index contributed by atoms with van der Waals surface area (Å²) in [6.45, 7) is 10.5. The predicted molar refractivity (Wildman–Crippen MR) is 83.8 cm³/mol. The Morgan fingerprint density at radius 2 is 1.95 bits per heavy atom. The lowest BCUT2D eigenvalue weighted by Gasteiger charge is -2.41. The maximum atomic E-state index is 10.4. The molecular formula is C15H23BrN2O. The number of rotatable bonds is 1. The third kappa shape index (κ3) is 3.30. The molecule has 1 heterocycles. The summed E-state index contributed by atoms with van der Waals surface area (Å²) in [6, 6.07) is 6.36. The fraction of sp³-hybridized carbons (Fsp3) is 0.600. The van der Waals surface area contributed by atoms with Gasteiger partial charge in [-0.3, -0.25) is 0 Å². The first kappa shape index (κ1) is 14.8. The molecule has 0 aromatic heterocycles. The van der Waals surface area contributed by atoms with Crippen LogP contribution in [-0.4, -0.2) is 35.9 Å². The van der Waals surface area contributed by atoms with Crippen LogP contribution in [0.5, 0.6) is 0 Å². The Morgan fingerprint density at radius 3 is 2.58 bits per heavy atom. The molecule has 0 bridgehead atoms. The van der Waals surface area contributed by atoms with Crippen LogP contribution in [-0.2, 0) is 0 Å². The normalized spacial score (nSPS) is 27.2. The highest BCUT2D eigenvalue weighted by molar-refractivity contribution is 9.10. The van der Waals surface area contributed by atoms with Gasteiger partial charge in [-0.1, -0.05) is 15.9 Å². The third-order valence-electron chi connectivity index (χ3n) is 3.75. The summed E-state index contributed by atoms with van der Waals surface area (Å²) in [5, 5.41) is 13.8. The van der Waals surface area contributed by atoms with Crippen molar-refractivity contribution in [1.29, 1.82) is 0 Å². The summed E-state index contributed by atoms with van der Waals surface area (Å²) in [5.74, 6) is 0. The van der Waals surface area contributed by atoms with E-state index in [2.05, 4.69) is 65.1 Å². The van der Waals surface area contributed by atoms with Crippen LogP contribution in [0.4, 0.5) is 5.69 Å². The number of hydrogen-bond acceptors (Lipinski definition) is 3. The van der Waals surface area contributed by atoms with E-state index in [1.54, 1.807) is 0 Å². The van der Waals surface area contributed by atoms with Gasteiger partial charge in [0.15, 0.2) is 0 Å². The van der Waals surface area contributed by atoms with Gasteiger partial charge < -0.3 is 15.3 Å². The number of nitrogens with zero attached hydrogens (tertiary/aromatic N) is 1. The Hall–Kier alpha value is -0.580. The summed E-state index contributed by atoms with van der Waals surface area (Å²) in [6.07, 6.45) is 0. The van der Waals surface area contributed by atoms with Gasteiger partial charge in [0.2, 0.25) is 0 Å². The molecule has 0 spiro atoms. The average Bonchev–Trinajstić information content (AvgIpc) is 2.39. The zero-order chi connectivity index (χ0) is 14.3. The monoisotopic (exact) mass is 326 g/mol. The zero-order valence-electron chi connectivity index (χ0n) is 12.1. The molecule has 4 heteroatoms. The molecule has 1 atom stereocenters. The molecule has 3 nitrogen and oxygen atoms in total. The van der Waals surface area contributed by atoms with Gasteiger partial charge in [0, 0.05) is 35.3 Å². The van der Waals surface area contributed by atoms with Gasteiger partial charge in [0.1, 0.15) is 0 Å². The summed E-state index contributed by atoms with van der Waals surface area (Å²) in [7, 11) is 0. The maximum Gasteiger partial charge on any atom is 0.0917 e. The topological polar surface area (TPSA) is 35.5 Å². The van der Waals surface area contributed by atoms with Crippen molar-refractivity contribution in [2.24, 2.45) is 0 Å². The highest BCUT2D eigenvalue weighted by Gasteiger charge is 2.36. The molecule has 1 fully saturated rings. The highest BCUT2D eigenvalue weighted by atomic mass is 79.9. The number of aliphatic hydroxyl groups is 1. The van der Waals surface area contributed by atoms with Gasteiger partial charge in [-0.05, 0) is 51.5 Å². The fourth-order valence-electron chi connectivity index (χ4n) is 2.58. The molecule has 0 amide bonds. The molecule has 19 heavy (non-hydrogen) atoms. The van der Waals surface area contributed by atoms with Crippen molar-refractivity contribution in [2.75, 3.05) is 24.5 Å². The molecule has 1 aliphatic rings. The van der Waals surface area contributed by atoms with Gasteiger partial charge in [-0.25, -0.2) is 0 Å². The number of hydrogen-bond donors (Lipinski definition) is 2. The summed E-state index contributed by atoms with van der Waals surface area (Å²) in [5.41, 5.74) is 1.63. The van der Waals surface area contributed by atoms with Crippen LogP contribution in [0.25, 0.3) is 0 Å². The first-order valence-corrected chi connectivity index (χ1v) is 7.47. The van der Waals surface area contributed by atoms with Crippen LogP contribution < -0.4 is 10.2 Å². The lowest BCUT2D eigenvalue weighted by molar-refractivity contribution is 0.0720. The molecule has 1 aliphatic heterocycles. The van der Waals surface area contributed by atoms with E-state index in [0.29, 0.717) is 13.1 Å². The summed E-state index contributed by atoms with van der Waals surface area (Å²) in [4.78, 5) is 2.30. The van der Waals surface area contributed by atoms with E-state index in [1.165, 1.54) is 5.56 Å². The van der Waals surface area contributed by atoms with E-state index in [4.69, 9.17) is 0 Å². The van der Waals surface area contributed by atoms with Crippen molar-refractivity contribution >= 4 is 21.6 Å². The number of benzene rings is 1. The van der Waals surface area contributed by atoms with E-state index in [0.717, 1.165) is 16.7 Å². The SMILES string of the molecule is Cc1cc(N2CC(C)(O)CNCC2(C)C)ccc1Br. The van der Waals surface area contributed by atoms with Crippen molar-refractivity contribution in [3.8, 4) is 0 Å². The smallest absolute Gasteiger partial charge is 0.0917 e. The highest BCUT2D eigenvalue weighted by Crippen LogP contribution is 2.30. The van der Waals surface area contributed by atoms with Gasteiger partial charge >= 0.3 is 0 Å². The summed E-state index contributed by atoms with van der Waals surface area (Å²) < 4.78 is 1.12. The Kier molecular flexibility index (Phi) is 3.96. The summed E-state index contributed by atoms with van der Waals surface area (Å²) >= 11 is 3.54. The fourth-order valence-corrected chi connectivity index (χ4v) is 2.83. The molecule has 1 aromatic carbocycles. The van der Waals surface area contributed by atoms with E-state index in [9.17, 15) is 5.11 Å². The minimum absolute atomic E-state index is 0.0270. The third-order valence-corrected chi connectivity index (χ3v) is 4.64. The second kappa shape index (κ2) is 5.08. The predicted octanol–water partition coefficient (Wildman–Crippen LogP) is 2.70. The van der Waals surface area contributed by atoms with Gasteiger partial charge in [0.25, 0.3) is 0 Å². The van der Waals surface area contributed by atoms with Crippen molar-refractivity contribution in [1.82, 2.24) is 5.32 Å². The number of aryl methyl sites for hydroxylation is 1. The number of β-amino-alcohol motifs (C(OH)–C–C–N with tert-alkyl or cyclic N) is 1. The number of nitrogens with one attached hydrogen (secondary N) is 1. The van der Waals surface area contributed by atoms with E-state index < -0.39 is 5.60 Å². The number of halogens is 1. The van der Waals surface area contributed by atoms with Crippen LogP contribution in [0.2, 0.25) is 0 Å². The van der Waals surface area contributed by atoms with Crippen LogP contribution in [0.15, 0.2) is 22.7 Å². The molecule has 1 aromatic rings. The molecule has 2 N–H and O–H groups in total. The van der Waals surface area contributed by atoms with Gasteiger partial charge in [0.05, 0.1) is 5.60 Å². The Balaban J connectivity index is 2.39. The Bertz CT molecular complexity index is 471. The molecule has 1 saturated heterocycles. The molecule has 1 unspecified atom stereocenters. The molecule has 0 saturated carbocycles. The van der Waals surface area contributed by atoms with Crippen molar-refractivity contribution < 1.29 is 5.11 Å². The second-order valence-electron chi connectivity index (χ2n) is 6.43. The lowest BCUT2D eigenvalue weighted by atomic mass is 9.99. The van der Waals surface area contributed by atoms with E-state index in [1.807, 2.05) is 6.92 Å². The van der Waals surface area contributed by atoms with Crippen LogP contribution >= 0.6 is 15.9 Å². The molecular weight excluding hydrogens is 304 g/mol.